The second kappa shape index (κ2) is 7.14. The van der Waals surface area contributed by atoms with E-state index in [-0.39, 0.29) is 5.91 Å². The Hall–Kier alpha value is -1.00. The summed E-state index contributed by atoms with van der Waals surface area (Å²) in [5.41, 5.74) is 1.04. The summed E-state index contributed by atoms with van der Waals surface area (Å²) in [4.78, 5) is 15.3. The molecule has 1 unspecified atom stereocenters. The van der Waals surface area contributed by atoms with Crippen LogP contribution in [0.25, 0.3) is 0 Å². The highest BCUT2D eigenvalue weighted by Gasteiger charge is 2.24. The van der Waals surface area contributed by atoms with E-state index in [4.69, 9.17) is 0 Å². The second-order valence-electron chi connectivity index (χ2n) is 5.89. The van der Waals surface area contributed by atoms with Crippen LogP contribution in [0.5, 0.6) is 0 Å². The minimum absolute atomic E-state index is 0.111. The Bertz CT molecular complexity index is 444. The lowest BCUT2D eigenvalue weighted by atomic mass is 10.1. The molecule has 110 valence electrons. The summed E-state index contributed by atoms with van der Waals surface area (Å²) in [5.74, 6) is 0.709. The van der Waals surface area contributed by atoms with Gasteiger partial charge in [-0.05, 0) is 50.4 Å². The van der Waals surface area contributed by atoms with Crippen LogP contribution in [-0.2, 0) is 11.2 Å². The number of benzene rings is 1. The van der Waals surface area contributed by atoms with E-state index >= 15 is 0 Å². The van der Waals surface area contributed by atoms with Crippen molar-refractivity contribution in [2.24, 2.45) is 5.92 Å². The highest BCUT2D eigenvalue weighted by atomic mass is 32.1. The van der Waals surface area contributed by atoms with Gasteiger partial charge in [0, 0.05) is 24.0 Å². The van der Waals surface area contributed by atoms with Gasteiger partial charge in [-0.3, -0.25) is 4.79 Å². The average Bonchev–Trinajstić information content (AvgIpc) is 2.88. The Morgan fingerprint density at radius 1 is 1.40 bits per heavy atom. The van der Waals surface area contributed by atoms with E-state index in [1.807, 2.05) is 24.3 Å². The third-order valence-electron chi connectivity index (χ3n) is 3.94. The molecule has 1 fully saturated rings. The van der Waals surface area contributed by atoms with E-state index in [0.717, 1.165) is 30.1 Å². The highest BCUT2D eigenvalue weighted by Crippen LogP contribution is 2.17. The zero-order chi connectivity index (χ0) is 14.5. The second-order valence-corrected chi connectivity index (χ2v) is 6.41. The molecule has 2 rings (SSSR count). The van der Waals surface area contributed by atoms with Gasteiger partial charge in [-0.25, -0.2) is 0 Å². The SMILES string of the molecule is CC(C)N1CCC(CNC(=O)Cc2ccc(S)cc2)C1. The number of thiol groups is 1. The molecule has 0 aliphatic carbocycles. The number of carbonyl (C=O) groups excluding carboxylic acids is 1. The fraction of sp³-hybridized carbons (Fsp3) is 0.562. The third kappa shape index (κ3) is 4.53. The lowest BCUT2D eigenvalue weighted by Gasteiger charge is -2.20. The third-order valence-corrected chi connectivity index (χ3v) is 4.23. The zero-order valence-corrected chi connectivity index (χ0v) is 13.2. The van der Waals surface area contributed by atoms with Gasteiger partial charge in [0.15, 0.2) is 0 Å². The van der Waals surface area contributed by atoms with Gasteiger partial charge >= 0.3 is 0 Å². The van der Waals surface area contributed by atoms with Crippen molar-refractivity contribution in [2.45, 2.75) is 37.6 Å². The lowest BCUT2D eigenvalue weighted by molar-refractivity contribution is -0.120. The van der Waals surface area contributed by atoms with Crippen molar-refractivity contribution in [2.75, 3.05) is 19.6 Å². The van der Waals surface area contributed by atoms with Gasteiger partial charge in [0.05, 0.1) is 6.42 Å². The highest BCUT2D eigenvalue weighted by molar-refractivity contribution is 7.80. The fourth-order valence-electron chi connectivity index (χ4n) is 2.62. The lowest BCUT2D eigenvalue weighted by Crippen LogP contribution is -2.33. The number of hydrogen-bond acceptors (Lipinski definition) is 3. The molecule has 0 aromatic heterocycles. The maximum atomic E-state index is 11.9. The first-order valence-electron chi connectivity index (χ1n) is 7.33. The van der Waals surface area contributed by atoms with Crippen LogP contribution < -0.4 is 5.32 Å². The van der Waals surface area contributed by atoms with Gasteiger partial charge in [-0.2, -0.15) is 0 Å². The number of nitrogens with one attached hydrogen (secondary N) is 1. The first-order chi connectivity index (χ1) is 9.54. The van der Waals surface area contributed by atoms with Crippen LogP contribution in [0.1, 0.15) is 25.8 Å². The topological polar surface area (TPSA) is 32.3 Å². The monoisotopic (exact) mass is 292 g/mol. The quantitative estimate of drug-likeness (QED) is 0.817. The van der Waals surface area contributed by atoms with Crippen LogP contribution in [0.3, 0.4) is 0 Å². The van der Waals surface area contributed by atoms with Crippen LogP contribution in [-0.4, -0.2) is 36.5 Å². The number of carbonyl (C=O) groups is 1. The Balaban J connectivity index is 1.72. The normalized spacial score (nSPS) is 19.5. The van der Waals surface area contributed by atoms with Gasteiger partial charge in [-0.15, -0.1) is 12.6 Å². The van der Waals surface area contributed by atoms with Crippen molar-refractivity contribution >= 4 is 18.5 Å². The van der Waals surface area contributed by atoms with Crippen molar-refractivity contribution in [1.29, 1.82) is 0 Å². The van der Waals surface area contributed by atoms with Crippen molar-refractivity contribution < 1.29 is 4.79 Å². The summed E-state index contributed by atoms with van der Waals surface area (Å²) in [6, 6.07) is 8.36. The van der Waals surface area contributed by atoms with E-state index in [1.54, 1.807) is 0 Å². The Kier molecular flexibility index (Phi) is 5.49. The molecule has 1 N–H and O–H groups in total. The van der Waals surface area contributed by atoms with E-state index in [1.165, 1.54) is 6.42 Å². The van der Waals surface area contributed by atoms with Gasteiger partial charge in [0.25, 0.3) is 0 Å². The number of amides is 1. The van der Waals surface area contributed by atoms with Crippen LogP contribution in [0.4, 0.5) is 0 Å². The molecule has 0 spiro atoms. The maximum absolute atomic E-state index is 11.9. The van der Waals surface area contributed by atoms with Gasteiger partial charge in [0.1, 0.15) is 0 Å². The van der Waals surface area contributed by atoms with Crippen molar-refractivity contribution in [1.82, 2.24) is 10.2 Å². The molecule has 4 heteroatoms. The molecule has 0 radical (unpaired) electrons. The number of rotatable bonds is 5. The number of likely N-dealkylation sites (tertiary alicyclic amines) is 1. The fourth-order valence-corrected chi connectivity index (χ4v) is 2.77. The summed E-state index contributed by atoms with van der Waals surface area (Å²) in [7, 11) is 0. The van der Waals surface area contributed by atoms with Crippen LogP contribution in [0.15, 0.2) is 29.2 Å². The Morgan fingerprint density at radius 2 is 2.10 bits per heavy atom. The molecule has 1 aromatic rings. The minimum Gasteiger partial charge on any atom is -0.355 e. The first kappa shape index (κ1) is 15.4. The molecule has 0 saturated carbocycles. The average molecular weight is 292 g/mol. The summed E-state index contributed by atoms with van der Waals surface area (Å²) in [5, 5.41) is 3.06. The molecule has 1 saturated heterocycles. The minimum atomic E-state index is 0.111. The molecule has 1 aromatic carbocycles. The van der Waals surface area contributed by atoms with Crippen LogP contribution in [0, 0.1) is 5.92 Å². The summed E-state index contributed by atoms with van der Waals surface area (Å²) in [6.07, 6.45) is 1.64. The van der Waals surface area contributed by atoms with Gasteiger partial charge < -0.3 is 10.2 Å². The largest absolute Gasteiger partial charge is 0.355 e. The molecule has 1 heterocycles. The number of hydrogen-bond donors (Lipinski definition) is 2. The van der Waals surface area contributed by atoms with E-state index in [0.29, 0.717) is 18.4 Å². The molecule has 1 amide bonds. The predicted octanol–water partition coefficient (Wildman–Crippen LogP) is 2.36. The van der Waals surface area contributed by atoms with E-state index in [9.17, 15) is 4.79 Å². The first-order valence-corrected chi connectivity index (χ1v) is 7.78. The van der Waals surface area contributed by atoms with Crippen LogP contribution in [0.2, 0.25) is 0 Å². The zero-order valence-electron chi connectivity index (χ0n) is 12.3. The molecule has 3 nitrogen and oxygen atoms in total. The standard InChI is InChI=1S/C16H24N2OS/c1-12(2)18-8-7-14(11-18)10-17-16(19)9-13-3-5-15(20)6-4-13/h3-6,12,14,20H,7-11H2,1-2H3,(H,17,19). The number of nitrogens with zero attached hydrogens (tertiary/aromatic N) is 1. The van der Waals surface area contributed by atoms with Gasteiger partial charge in [0.2, 0.25) is 5.91 Å². The molecule has 0 bridgehead atoms. The van der Waals surface area contributed by atoms with E-state index < -0.39 is 0 Å². The smallest absolute Gasteiger partial charge is 0.224 e. The predicted molar refractivity (Wildman–Crippen MR) is 85.2 cm³/mol. The van der Waals surface area contributed by atoms with Crippen LogP contribution >= 0.6 is 12.6 Å². The Labute approximate surface area is 127 Å². The van der Waals surface area contributed by atoms with Crippen molar-refractivity contribution in [3.05, 3.63) is 29.8 Å². The van der Waals surface area contributed by atoms with Crippen molar-refractivity contribution in [3.8, 4) is 0 Å². The Morgan fingerprint density at radius 3 is 2.70 bits per heavy atom. The van der Waals surface area contributed by atoms with Crippen molar-refractivity contribution in [3.63, 3.8) is 0 Å². The summed E-state index contributed by atoms with van der Waals surface area (Å²) in [6.45, 7) is 7.51. The molecule has 20 heavy (non-hydrogen) atoms. The molecular formula is C16H24N2OS. The summed E-state index contributed by atoms with van der Waals surface area (Å²) < 4.78 is 0. The van der Waals surface area contributed by atoms with E-state index in [2.05, 4.69) is 36.7 Å². The molecule has 1 atom stereocenters. The van der Waals surface area contributed by atoms with Gasteiger partial charge in [-0.1, -0.05) is 12.1 Å². The molecule has 1 aliphatic heterocycles. The molecule has 1 aliphatic rings. The maximum Gasteiger partial charge on any atom is 0.224 e. The molecular weight excluding hydrogens is 268 g/mol. The summed E-state index contributed by atoms with van der Waals surface area (Å²) >= 11 is 4.24.